The molecule has 0 heterocycles. The zero-order valence-electron chi connectivity index (χ0n) is 11.5. The van der Waals surface area contributed by atoms with E-state index < -0.39 is 25.6 Å². The second kappa shape index (κ2) is 8.95. The highest BCUT2D eigenvalue weighted by Gasteiger charge is 2.38. The van der Waals surface area contributed by atoms with Crippen molar-refractivity contribution in [1.29, 1.82) is 0 Å². The van der Waals surface area contributed by atoms with Crippen LogP contribution in [0.1, 0.15) is 20.8 Å². The van der Waals surface area contributed by atoms with Gasteiger partial charge in [-0.15, -0.1) is 0 Å². The van der Waals surface area contributed by atoms with Crippen LogP contribution in [-0.4, -0.2) is 34.7 Å². The third-order valence-electron chi connectivity index (χ3n) is 1.64. The van der Waals surface area contributed by atoms with Gasteiger partial charge in [0, 0.05) is 6.66 Å². The van der Waals surface area contributed by atoms with Gasteiger partial charge in [-0.25, -0.2) is 0 Å². The average molecular weight is 386 g/mol. The van der Waals surface area contributed by atoms with Crippen molar-refractivity contribution in [2.45, 2.75) is 20.8 Å². The Morgan fingerprint density at radius 3 is 1.84 bits per heavy atom. The fraction of sp³-hybridized carbons (Fsp3) is 1.00. The van der Waals surface area contributed by atoms with E-state index in [0.717, 1.165) is 34.1 Å². The van der Waals surface area contributed by atoms with Crippen LogP contribution < -0.4 is 0 Å². The first-order valence-corrected chi connectivity index (χ1v) is 16.2. The van der Waals surface area contributed by atoms with Crippen LogP contribution in [0.4, 0.5) is 0 Å². The van der Waals surface area contributed by atoms with E-state index in [1.165, 1.54) is 6.66 Å². The first kappa shape index (κ1) is 20.7. The second-order valence-electron chi connectivity index (χ2n) is 3.50. The molecule has 0 fully saturated rings. The first-order chi connectivity index (χ1) is 8.60. The van der Waals surface area contributed by atoms with Crippen LogP contribution in [-0.2, 0) is 18.0 Å². The Balaban J connectivity index is 5.01. The molecule has 3 atom stereocenters. The molecule has 11 heteroatoms. The summed E-state index contributed by atoms with van der Waals surface area (Å²) in [6.45, 7) is -3.29. The Labute approximate surface area is 127 Å². The Morgan fingerprint density at radius 1 is 0.947 bits per heavy atom. The minimum atomic E-state index is -3.57. The zero-order chi connectivity index (χ0) is 15.2. The van der Waals surface area contributed by atoms with E-state index in [4.69, 9.17) is 4.31 Å². The molecule has 0 radical (unpaired) electrons. The van der Waals surface area contributed by atoms with E-state index >= 15 is 0 Å². The van der Waals surface area contributed by atoms with Crippen LogP contribution in [0.3, 0.4) is 0 Å². The summed E-state index contributed by atoms with van der Waals surface area (Å²) in [5, 5.41) is 0. The molecule has 0 saturated carbocycles. The van der Waals surface area contributed by atoms with Crippen molar-refractivity contribution in [2.24, 2.45) is 0 Å². The maximum atomic E-state index is 12.6. The van der Waals surface area contributed by atoms with Crippen LogP contribution in [0.15, 0.2) is 0 Å². The molecule has 19 heavy (non-hydrogen) atoms. The van der Waals surface area contributed by atoms with Gasteiger partial charge in [0.25, 0.3) is 19.7 Å². The SMILES string of the molecule is CCSP(=O)(O)CP(=O)(OP(C)(=O)SCC)SCC. The van der Waals surface area contributed by atoms with Crippen molar-refractivity contribution >= 4 is 53.9 Å². The van der Waals surface area contributed by atoms with Gasteiger partial charge >= 0.3 is 0 Å². The molecule has 5 nitrogen and oxygen atoms in total. The Morgan fingerprint density at radius 2 is 1.42 bits per heavy atom. The lowest BCUT2D eigenvalue weighted by atomic mass is 11.0. The predicted octanol–water partition coefficient (Wildman–Crippen LogP) is 5.42. The summed E-state index contributed by atoms with van der Waals surface area (Å²) in [5.74, 6) is 1.08. The smallest absolute Gasteiger partial charge is 0.274 e. The topological polar surface area (TPSA) is 80.7 Å². The maximum Gasteiger partial charge on any atom is 0.274 e. The highest BCUT2D eigenvalue weighted by atomic mass is 32.8. The van der Waals surface area contributed by atoms with Crippen molar-refractivity contribution in [1.82, 2.24) is 0 Å². The fourth-order valence-corrected chi connectivity index (χ4v) is 19.8. The largest absolute Gasteiger partial charge is 0.336 e. The quantitative estimate of drug-likeness (QED) is 0.499. The lowest BCUT2D eigenvalue weighted by molar-refractivity contribution is 0.481. The second-order valence-corrected chi connectivity index (χ2v) is 19.5. The number of hydrogen-bond donors (Lipinski definition) is 1. The molecule has 0 rings (SSSR count). The predicted molar refractivity (Wildman–Crippen MR) is 91.3 cm³/mol. The van der Waals surface area contributed by atoms with Crippen molar-refractivity contribution < 1.29 is 22.9 Å². The van der Waals surface area contributed by atoms with Crippen LogP contribution in [0.25, 0.3) is 0 Å². The highest BCUT2D eigenvalue weighted by Crippen LogP contribution is 2.78. The van der Waals surface area contributed by atoms with Gasteiger partial charge in [0.05, 0.1) is 0 Å². The average Bonchev–Trinajstić information content (AvgIpc) is 2.13. The molecule has 116 valence electrons. The lowest BCUT2D eigenvalue weighted by Crippen LogP contribution is -1.92. The van der Waals surface area contributed by atoms with E-state index in [1.807, 2.05) is 6.92 Å². The van der Waals surface area contributed by atoms with Crippen LogP contribution in [0.5, 0.6) is 0 Å². The summed E-state index contributed by atoms with van der Waals surface area (Å²) in [4.78, 5) is 9.76. The summed E-state index contributed by atoms with van der Waals surface area (Å²) < 4.78 is 41.9. The molecular formula is C8H21O5P3S3. The molecule has 0 amide bonds. The van der Waals surface area contributed by atoms with E-state index in [9.17, 15) is 18.6 Å². The van der Waals surface area contributed by atoms with Crippen LogP contribution in [0, 0.1) is 0 Å². The van der Waals surface area contributed by atoms with Gasteiger partial charge in [0.1, 0.15) is 5.90 Å². The number of rotatable bonds is 10. The molecule has 3 unspecified atom stereocenters. The molecule has 0 saturated heterocycles. The summed E-state index contributed by atoms with van der Waals surface area (Å²) in [5.41, 5.74) is 0. The molecule has 1 N–H and O–H groups in total. The molecular weight excluding hydrogens is 365 g/mol. The van der Waals surface area contributed by atoms with Crippen molar-refractivity contribution in [3.8, 4) is 0 Å². The summed E-state index contributed by atoms with van der Waals surface area (Å²) >= 11 is 2.96. The van der Waals surface area contributed by atoms with Gasteiger partial charge in [0.15, 0.2) is 0 Å². The van der Waals surface area contributed by atoms with Gasteiger partial charge in [-0.3, -0.25) is 18.0 Å². The Bertz CT molecular complexity index is 384. The standard InChI is InChI=1S/C8H21O5P3S3/c1-5-17-14(4,9)13-16(12,19-7-3)8-15(10,11)18-6-2/h5-8H2,1-4H3,(H,10,11). The summed E-state index contributed by atoms with van der Waals surface area (Å²) in [7, 11) is 0. The number of hydrogen-bond acceptors (Lipinski definition) is 7. The summed E-state index contributed by atoms with van der Waals surface area (Å²) in [6.07, 6.45) is 0. The molecule has 0 aromatic rings. The minimum absolute atomic E-state index is 0.431. The third kappa shape index (κ3) is 9.31. The molecule has 0 aliphatic rings. The zero-order valence-corrected chi connectivity index (χ0v) is 16.6. The molecule has 0 bridgehead atoms. The lowest BCUT2D eigenvalue weighted by Gasteiger charge is -2.22. The third-order valence-corrected chi connectivity index (χ3v) is 18.1. The minimum Gasteiger partial charge on any atom is -0.336 e. The van der Waals surface area contributed by atoms with Crippen molar-refractivity contribution in [3.63, 3.8) is 0 Å². The monoisotopic (exact) mass is 386 g/mol. The molecule has 0 aliphatic carbocycles. The van der Waals surface area contributed by atoms with Crippen LogP contribution in [0.2, 0.25) is 0 Å². The van der Waals surface area contributed by atoms with Gasteiger partial charge < -0.3 is 4.89 Å². The normalized spacial score (nSPS) is 21.3. The highest BCUT2D eigenvalue weighted by molar-refractivity contribution is 8.65. The molecule has 0 spiro atoms. The van der Waals surface area contributed by atoms with Gasteiger partial charge in [0.2, 0.25) is 0 Å². The van der Waals surface area contributed by atoms with E-state index in [0.29, 0.717) is 17.3 Å². The molecule has 0 aromatic heterocycles. The van der Waals surface area contributed by atoms with Crippen LogP contribution >= 0.6 is 53.9 Å². The Kier molecular flexibility index (Phi) is 9.73. The van der Waals surface area contributed by atoms with E-state index in [2.05, 4.69) is 0 Å². The van der Waals surface area contributed by atoms with Crippen molar-refractivity contribution in [2.75, 3.05) is 29.8 Å². The fourth-order valence-electron chi connectivity index (χ4n) is 1.23. The molecule has 0 aliphatic heterocycles. The van der Waals surface area contributed by atoms with Gasteiger partial charge in [-0.05, 0) is 17.3 Å². The summed E-state index contributed by atoms with van der Waals surface area (Å²) in [6, 6.07) is 0. The van der Waals surface area contributed by atoms with E-state index in [-0.39, 0.29) is 0 Å². The van der Waals surface area contributed by atoms with Gasteiger partial charge in [-0.1, -0.05) is 54.9 Å². The Hall–Kier alpha value is 1.66. The first-order valence-electron chi connectivity index (χ1n) is 5.73. The van der Waals surface area contributed by atoms with E-state index in [1.54, 1.807) is 13.8 Å². The van der Waals surface area contributed by atoms with Gasteiger partial charge in [-0.2, -0.15) is 0 Å². The maximum absolute atomic E-state index is 12.6. The molecule has 0 aromatic carbocycles. The van der Waals surface area contributed by atoms with Crippen molar-refractivity contribution in [3.05, 3.63) is 0 Å².